The van der Waals surface area contributed by atoms with Crippen LogP contribution < -0.4 is 11.1 Å². The van der Waals surface area contributed by atoms with E-state index in [9.17, 15) is 0 Å². The summed E-state index contributed by atoms with van der Waals surface area (Å²) in [5.74, 6) is 0.820. The zero-order valence-corrected chi connectivity index (χ0v) is 11.1. The van der Waals surface area contributed by atoms with Crippen molar-refractivity contribution in [1.29, 1.82) is 0 Å². The van der Waals surface area contributed by atoms with Crippen molar-refractivity contribution in [2.75, 3.05) is 17.7 Å². The third-order valence-electron chi connectivity index (χ3n) is 2.83. The lowest BCUT2D eigenvalue weighted by molar-refractivity contribution is 0.133. The van der Waals surface area contributed by atoms with Crippen molar-refractivity contribution in [2.24, 2.45) is 0 Å². The summed E-state index contributed by atoms with van der Waals surface area (Å²) in [5, 5.41) is 3.28. The van der Waals surface area contributed by atoms with E-state index in [0.717, 1.165) is 19.0 Å². The number of hydrogen-bond acceptors (Lipinski definition) is 4. The molecule has 0 bridgehead atoms. The number of aromatic nitrogens is 1. The SMILES string of the molecule is CCOCc1ccccc1CNc1ccc(N)cn1. The number of benzene rings is 1. The molecule has 100 valence electrons. The largest absolute Gasteiger partial charge is 0.397 e. The number of nitrogens with two attached hydrogens (primary N) is 1. The number of nitrogens with zero attached hydrogens (tertiary/aromatic N) is 1. The lowest BCUT2D eigenvalue weighted by atomic mass is 10.1. The van der Waals surface area contributed by atoms with E-state index in [2.05, 4.69) is 22.4 Å². The fourth-order valence-corrected chi connectivity index (χ4v) is 1.78. The summed E-state index contributed by atoms with van der Waals surface area (Å²) in [6, 6.07) is 12.0. The molecule has 1 aromatic heterocycles. The van der Waals surface area contributed by atoms with E-state index in [4.69, 9.17) is 10.5 Å². The van der Waals surface area contributed by atoms with Gasteiger partial charge in [0.2, 0.25) is 0 Å². The summed E-state index contributed by atoms with van der Waals surface area (Å²) >= 11 is 0. The van der Waals surface area contributed by atoms with E-state index < -0.39 is 0 Å². The zero-order chi connectivity index (χ0) is 13.5. The van der Waals surface area contributed by atoms with Gasteiger partial charge in [0, 0.05) is 13.2 Å². The summed E-state index contributed by atoms with van der Waals surface area (Å²) in [7, 11) is 0. The normalized spacial score (nSPS) is 10.4. The average Bonchev–Trinajstić information content (AvgIpc) is 2.45. The number of anilines is 2. The average molecular weight is 257 g/mol. The molecule has 0 amide bonds. The maximum Gasteiger partial charge on any atom is 0.126 e. The molecule has 0 aliphatic rings. The maximum atomic E-state index is 5.61. The molecular weight excluding hydrogens is 238 g/mol. The molecule has 0 saturated carbocycles. The van der Waals surface area contributed by atoms with Gasteiger partial charge in [-0.2, -0.15) is 0 Å². The smallest absolute Gasteiger partial charge is 0.126 e. The van der Waals surface area contributed by atoms with Crippen LogP contribution in [0.1, 0.15) is 18.1 Å². The summed E-state index contributed by atoms with van der Waals surface area (Å²) in [5.41, 5.74) is 8.69. The summed E-state index contributed by atoms with van der Waals surface area (Å²) < 4.78 is 5.47. The second-order valence-corrected chi connectivity index (χ2v) is 4.24. The van der Waals surface area contributed by atoms with Crippen LogP contribution in [0.5, 0.6) is 0 Å². The van der Waals surface area contributed by atoms with Gasteiger partial charge in [-0.3, -0.25) is 0 Å². The topological polar surface area (TPSA) is 60.2 Å². The van der Waals surface area contributed by atoms with Crippen molar-refractivity contribution >= 4 is 11.5 Å². The van der Waals surface area contributed by atoms with Gasteiger partial charge in [0.25, 0.3) is 0 Å². The van der Waals surface area contributed by atoms with E-state index in [1.807, 2.05) is 31.2 Å². The van der Waals surface area contributed by atoms with Crippen LogP contribution in [0.25, 0.3) is 0 Å². The summed E-state index contributed by atoms with van der Waals surface area (Å²) in [6.07, 6.45) is 1.65. The third kappa shape index (κ3) is 3.96. The van der Waals surface area contributed by atoms with Crippen LogP contribution in [0.4, 0.5) is 11.5 Å². The number of nitrogens with one attached hydrogen (secondary N) is 1. The molecule has 2 aromatic rings. The standard InChI is InChI=1S/C15H19N3O/c1-2-19-11-13-6-4-3-5-12(13)9-17-15-8-7-14(16)10-18-15/h3-8,10H,2,9,11,16H2,1H3,(H,17,18). The van der Waals surface area contributed by atoms with Crippen molar-refractivity contribution in [2.45, 2.75) is 20.1 Å². The Labute approximate surface area is 113 Å². The molecule has 0 unspecified atom stereocenters. The summed E-state index contributed by atoms with van der Waals surface area (Å²) in [6.45, 7) is 4.09. The molecule has 0 fully saturated rings. The van der Waals surface area contributed by atoms with Crippen LogP contribution in [0.15, 0.2) is 42.6 Å². The van der Waals surface area contributed by atoms with Gasteiger partial charge >= 0.3 is 0 Å². The van der Waals surface area contributed by atoms with Gasteiger partial charge in [-0.15, -0.1) is 0 Å². The number of hydrogen-bond donors (Lipinski definition) is 2. The van der Waals surface area contributed by atoms with E-state index in [1.54, 1.807) is 6.20 Å². The molecule has 0 aliphatic heterocycles. The van der Waals surface area contributed by atoms with Gasteiger partial charge in [0.15, 0.2) is 0 Å². The fourth-order valence-electron chi connectivity index (χ4n) is 1.78. The van der Waals surface area contributed by atoms with Crippen LogP contribution in [-0.4, -0.2) is 11.6 Å². The summed E-state index contributed by atoms with van der Waals surface area (Å²) in [4.78, 5) is 4.22. The molecule has 4 nitrogen and oxygen atoms in total. The van der Waals surface area contributed by atoms with Gasteiger partial charge in [-0.05, 0) is 30.2 Å². The maximum absolute atomic E-state index is 5.61. The van der Waals surface area contributed by atoms with Crippen molar-refractivity contribution in [3.8, 4) is 0 Å². The lowest BCUT2D eigenvalue weighted by Crippen LogP contribution is -2.05. The lowest BCUT2D eigenvalue weighted by Gasteiger charge is -2.11. The van der Waals surface area contributed by atoms with Gasteiger partial charge in [0.1, 0.15) is 5.82 Å². The highest BCUT2D eigenvalue weighted by Gasteiger charge is 2.02. The molecule has 4 heteroatoms. The molecule has 0 atom stereocenters. The minimum absolute atomic E-state index is 0.642. The Hall–Kier alpha value is -2.07. The Bertz CT molecular complexity index is 511. The third-order valence-corrected chi connectivity index (χ3v) is 2.83. The minimum Gasteiger partial charge on any atom is -0.397 e. The van der Waals surface area contributed by atoms with Crippen molar-refractivity contribution in [3.05, 3.63) is 53.7 Å². The van der Waals surface area contributed by atoms with Crippen molar-refractivity contribution in [3.63, 3.8) is 0 Å². The molecule has 0 saturated heterocycles. The molecule has 0 radical (unpaired) electrons. The molecule has 0 aliphatic carbocycles. The fraction of sp³-hybridized carbons (Fsp3) is 0.267. The number of nitrogen functional groups attached to an aromatic ring is 1. The zero-order valence-electron chi connectivity index (χ0n) is 11.1. The molecule has 1 heterocycles. The Morgan fingerprint density at radius 2 is 1.95 bits per heavy atom. The second kappa shape index (κ2) is 6.75. The monoisotopic (exact) mass is 257 g/mol. The molecule has 0 spiro atoms. The first-order chi connectivity index (χ1) is 9.29. The minimum atomic E-state index is 0.642. The predicted octanol–water partition coefficient (Wildman–Crippen LogP) is 2.81. The predicted molar refractivity (Wildman–Crippen MR) is 77.7 cm³/mol. The van der Waals surface area contributed by atoms with Gasteiger partial charge in [0.05, 0.1) is 18.5 Å². The Balaban J connectivity index is 2.00. The molecule has 3 N–H and O–H groups in total. The highest BCUT2D eigenvalue weighted by molar-refractivity contribution is 5.44. The van der Waals surface area contributed by atoms with E-state index >= 15 is 0 Å². The van der Waals surface area contributed by atoms with Crippen LogP contribution >= 0.6 is 0 Å². The van der Waals surface area contributed by atoms with E-state index in [0.29, 0.717) is 12.3 Å². The first-order valence-electron chi connectivity index (χ1n) is 6.39. The van der Waals surface area contributed by atoms with Crippen LogP contribution in [-0.2, 0) is 17.9 Å². The molecule has 2 rings (SSSR count). The van der Waals surface area contributed by atoms with E-state index in [1.165, 1.54) is 11.1 Å². The van der Waals surface area contributed by atoms with E-state index in [-0.39, 0.29) is 0 Å². The van der Waals surface area contributed by atoms with Crippen LogP contribution in [0.2, 0.25) is 0 Å². The quantitative estimate of drug-likeness (QED) is 0.835. The number of rotatable bonds is 6. The first kappa shape index (κ1) is 13.4. The van der Waals surface area contributed by atoms with Crippen molar-refractivity contribution in [1.82, 2.24) is 4.98 Å². The molecule has 19 heavy (non-hydrogen) atoms. The van der Waals surface area contributed by atoms with Gasteiger partial charge < -0.3 is 15.8 Å². The number of pyridine rings is 1. The number of ether oxygens (including phenoxy) is 1. The molecular formula is C15H19N3O. The Morgan fingerprint density at radius 1 is 1.16 bits per heavy atom. The molecule has 1 aromatic carbocycles. The highest BCUT2D eigenvalue weighted by atomic mass is 16.5. The Kier molecular flexibility index (Phi) is 4.75. The van der Waals surface area contributed by atoms with Gasteiger partial charge in [-0.25, -0.2) is 4.98 Å². The van der Waals surface area contributed by atoms with Crippen molar-refractivity contribution < 1.29 is 4.74 Å². The van der Waals surface area contributed by atoms with Crippen LogP contribution in [0.3, 0.4) is 0 Å². The highest BCUT2D eigenvalue weighted by Crippen LogP contribution is 2.13. The van der Waals surface area contributed by atoms with Crippen LogP contribution in [0, 0.1) is 0 Å². The first-order valence-corrected chi connectivity index (χ1v) is 6.39. The second-order valence-electron chi connectivity index (χ2n) is 4.24. The van der Waals surface area contributed by atoms with Gasteiger partial charge in [-0.1, -0.05) is 24.3 Å². The Morgan fingerprint density at radius 3 is 2.63 bits per heavy atom.